The molecule has 2 aromatic carbocycles. The van der Waals surface area contributed by atoms with Crippen molar-refractivity contribution in [2.24, 2.45) is 11.8 Å². The summed E-state index contributed by atoms with van der Waals surface area (Å²) in [5.74, 6) is -0.533. The van der Waals surface area contributed by atoms with E-state index in [2.05, 4.69) is 15.7 Å². The van der Waals surface area contributed by atoms with Crippen LogP contribution in [-0.2, 0) is 31.4 Å². The van der Waals surface area contributed by atoms with Crippen LogP contribution in [0.5, 0.6) is 5.75 Å². The van der Waals surface area contributed by atoms with Crippen LogP contribution in [0.15, 0.2) is 48.6 Å². The summed E-state index contributed by atoms with van der Waals surface area (Å²) in [7, 11) is -3.03. The molecule has 2 N–H and O–H groups in total. The number of methoxy groups -OCH3 is 1. The third-order valence-electron chi connectivity index (χ3n) is 9.95. The molecular formula is C33H39ClN2O7S. The molecule has 2 aliphatic heterocycles. The monoisotopic (exact) mass is 642 g/mol. The number of aliphatic hydroxyl groups is 1. The molecular weight excluding hydrogens is 604 g/mol. The summed E-state index contributed by atoms with van der Waals surface area (Å²) in [5.41, 5.74) is 3.05. The van der Waals surface area contributed by atoms with Gasteiger partial charge in [0.2, 0.25) is 10.0 Å². The highest BCUT2D eigenvalue weighted by atomic mass is 35.5. The minimum absolute atomic E-state index is 0.0567. The van der Waals surface area contributed by atoms with Gasteiger partial charge in [-0.1, -0.05) is 29.8 Å². The molecule has 0 aromatic heterocycles. The Labute approximate surface area is 263 Å². The predicted molar refractivity (Wildman–Crippen MR) is 168 cm³/mol. The average molecular weight is 643 g/mol. The average Bonchev–Trinajstić information content (AvgIpc) is 3.12. The number of allylic oxidation sites excluding steroid dienone is 1. The van der Waals surface area contributed by atoms with Gasteiger partial charge in [-0.25, -0.2) is 13.1 Å². The van der Waals surface area contributed by atoms with Crippen LogP contribution in [0.1, 0.15) is 66.4 Å². The standard InChI is InChI=1S/C33H39ClN2O7S/c1-42-31(38)17-25-6-2-3-7-29(37)26-11-8-23(26)18-36-19-33(14-4-5-21-15-24(34)10-12-27(21)33)20-43-30-13-9-22(16-28(30)36)32(39)35-44(25,40)41/h3,7,9-10,12-13,15-16,23,25-26,29,37H,2,4-6,8,11,14,17-20H2,1H3,(H,35,39)/b7-3+/t23-,25+,26+,29-,33-/m0/s1. The number of aliphatic hydroxyl groups excluding tert-OH is 1. The number of sulfonamides is 1. The maximum Gasteiger partial charge on any atom is 0.306 e. The van der Waals surface area contributed by atoms with E-state index in [1.165, 1.54) is 18.2 Å². The predicted octanol–water partition coefficient (Wildman–Crippen LogP) is 4.54. The maximum atomic E-state index is 13.4. The fraction of sp³-hybridized carbons (Fsp3) is 0.515. The fourth-order valence-electron chi connectivity index (χ4n) is 7.38. The molecule has 44 heavy (non-hydrogen) atoms. The zero-order valence-electron chi connectivity index (χ0n) is 24.8. The number of ether oxygens (including phenoxy) is 2. The van der Waals surface area contributed by atoms with Gasteiger partial charge in [0.25, 0.3) is 5.91 Å². The zero-order chi connectivity index (χ0) is 31.1. The zero-order valence-corrected chi connectivity index (χ0v) is 26.4. The number of benzene rings is 2. The van der Waals surface area contributed by atoms with Gasteiger partial charge in [0, 0.05) is 29.1 Å². The quantitative estimate of drug-likeness (QED) is 0.362. The van der Waals surface area contributed by atoms with Crippen LogP contribution in [0.25, 0.3) is 0 Å². The first kappa shape index (κ1) is 30.9. The molecule has 0 unspecified atom stereocenters. The van der Waals surface area contributed by atoms with E-state index in [4.69, 9.17) is 21.1 Å². The number of esters is 1. The lowest BCUT2D eigenvalue weighted by molar-refractivity contribution is -0.140. The molecule has 1 saturated carbocycles. The second-order valence-corrected chi connectivity index (χ2v) is 15.1. The van der Waals surface area contributed by atoms with E-state index in [0.29, 0.717) is 36.9 Å². The number of carbonyl (C=O) groups excluding carboxylic acids is 2. The summed E-state index contributed by atoms with van der Waals surface area (Å²) in [6.45, 7) is 1.77. The molecule has 9 nitrogen and oxygen atoms in total. The lowest BCUT2D eigenvalue weighted by atomic mass is 9.68. The van der Waals surface area contributed by atoms with Crippen LogP contribution in [-0.4, -0.2) is 63.6 Å². The SMILES string of the molecule is COC(=O)C[C@H]1CC/C=C/[C@H](O)[C@@H]2CC[C@H]2CN2C[C@@]3(CCCc4cc(Cl)ccc43)COc3ccc(cc32)C(=O)NS1(=O)=O. The summed E-state index contributed by atoms with van der Waals surface area (Å²) in [6.07, 6.45) is 7.60. The molecule has 4 aliphatic rings. The number of hydrogen-bond acceptors (Lipinski definition) is 8. The Hall–Kier alpha value is -3.08. The fourth-order valence-corrected chi connectivity index (χ4v) is 8.92. The van der Waals surface area contributed by atoms with Gasteiger partial charge in [-0.05, 0) is 98.2 Å². The molecule has 0 saturated heterocycles. The molecule has 2 bridgehead atoms. The van der Waals surface area contributed by atoms with Crippen molar-refractivity contribution >= 4 is 39.2 Å². The Morgan fingerprint density at radius 3 is 2.82 bits per heavy atom. The van der Waals surface area contributed by atoms with Gasteiger partial charge < -0.3 is 19.5 Å². The summed E-state index contributed by atoms with van der Waals surface area (Å²) >= 11 is 6.38. The van der Waals surface area contributed by atoms with E-state index in [1.807, 2.05) is 12.1 Å². The van der Waals surface area contributed by atoms with Crippen molar-refractivity contribution in [2.75, 3.05) is 31.7 Å². The number of fused-ring (bicyclic) bond motifs is 4. The van der Waals surface area contributed by atoms with Crippen molar-refractivity contribution in [3.63, 3.8) is 0 Å². The molecule has 2 aliphatic carbocycles. The number of nitrogens with one attached hydrogen (secondary N) is 1. The summed E-state index contributed by atoms with van der Waals surface area (Å²) in [6, 6.07) is 11.1. The second kappa shape index (κ2) is 12.4. The molecule has 1 fully saturated rings. The summed E-state index contributed by atoms with van der Waals surface area (Å²) < 4.78 is 40.2. The third kappa shape index (κ3) is 6.08. The number of aryl methyl sites for hydroxylation is 1. The van der Waals surface area contributed by atoms with Crippen LogP contribution in [0, 0.1) is 11.8 Å². The van der Waals surface area contributed by atoms with Crippen molar-refractivity contribution in [2.45, 2.75) is 68.1 Å². The molecule has 1 spiro atoms. The Bertz CT molecular complexity index is 1580. The lowest BCUT2D eigenvalue weighted by Crippen LogP contribution is -2.49. The van der Waals surface area contributed by atoms with E-state index >= 15 is 0 Å². The summed E-state index contributed by atoms with van der Waals surface area (Å²) in [5, 5.41) is 10.7. The summed E-state index contributed by atoms with van der Waals surface area (Å²) in [4.78, 5) is 27.8. The van der Waals surface area contributed by atoms with Gasteiger partial charge in [0.1, 0.15) is 5.75 Å². The first-order chi connectivity index (χ1) is 21.1. The Morgan fingerprint density at radius 1 is 1.20 bits per heavy atom. The molecule has 6 rings (SSSR count). The molecule has 11 heteroatoms. The Morgan fingerprint density at radius 2 is 2.05 bits per heavy atom. The van der Waals surface area contributed by atoms with Crippen LogP contribution >= 0.6 is 11.6 Å². The highest BCUT2D eigenvalue weighted by Gasteiger charge is 2.44. The van der Waals surface area contributed by atoms with Gasteiger partial charge in [-0.3, -0.25) is 9.59 Å². The van der Waals surface area contributed by atoms with Gasteiger partial charge >= 0.3 is 5.97 Å². The number of halogens is 1. The maximum absolute atomic E-state index is 13.4. The van der Waals surface area contributed by atoms with Crippen molar-refractivity contribution in [1.82, 2.24) is 4.72 Å². The molecule has 2 aromatic rings. The second-order valence-electron chi connectivity index (χ2n) is 12.7. The van der Waals surface area contributed by atoms with Crippen LogP contribution in [0.2, 0.25) is 5.02 Å². The molecule has 1 amide bonds. The van der Waals surface area contributed by atoms with E-state index in [1.54, 1.807) is 30.4 Å². The molecule has 2 heterocycles. The van der Waals surface area contributed by atoms with E-state index < -0.39 is 33.3 Å². The number of amides is 1. The number of nitrogens with zero attached hydrogens (tertiary/aromatic N) is 1. The van der Waals surface area contributed by atoms with E-state index in [9.17, 15) is 23.1 Å². The van der Waals surface area contributed by atoms with E-state index in [-0.39, 0.29) is 35.7 Å². The van der Waals surface area contributed by atoms with Crippen molar-refractivity contribution in [1.29, 1.82) is 0 Å². The Kier molecular flexibility index (Phi) is 8.69. The topological polar surface area (TPSA) is 122 Å². The largest absolute Gasteiger partial charge is 0.490 e. The lowest BCUT2D eigenvalue weighted by Gasteiger charge is -2.45. The normalized spacial score (nSPS) is 30.4. The Balaban J connectivity index is 1.40. The van der Waals surface area contributed by atoms with Crippen molar-refractivity contribution in [3.05, 3.63) is 70.3 Å². The highest BCUT2D eigenvalue weighted by molar-refractivity contribution is 7.90. The van der Waals surface area contributed by atoms with Crippen molar-refractivity contribution < 1.29 is 32.6 Å². The van der Waals surface area contributed by atoms with Crippen LogP contribution in [0.4, 0.5) is 5.69 Å². The number of carbonyl (C=O) groups is 2. The molecule has 0 radical (unpaired) electrons. The van der Waals surface area contributed by atoms with Gasteiger partial charge in [-0.15, -0.1) is 0 Å². The smallest absolute Gasteiger partial charge is 0.306 e. The van der Waals surface area contributed by atoms with E-state index in [0.717, 1.165) is 37.8 Å². The number of hydrogen-bond donors (Lipinski definition) is 2. The van der Waals surface area contributed by atoms with Crippen LogP contribution in [0.3, 0.4) is 0 Å². The minimum Gasteiger partial charge on any atom is -0.490 e. The highest BCUT2D eigenvalue weighted by Crippen LogP contribution is 2.46. The first-order valence-corrected chi connectivity index (χ1v) is 17.3. The van der Waals surface area contributed by atoms with Crippen molar-refractivity contribution in [3.8, 4) is 5.75 Å². The van der Waals surface area contributed by atoms with Gasteiger partial charge in [-0.2, -0.15) is 0 Å². The number of rotatable bonds is 2. The number of anilines is 1. The van der Waals surface area contributed by atoms with Gasteiger partial charge in [0.15, 0.2) is 0 Å². The molecule has 236 valence electrons. The van der Waals surface area contributed by atoms with Gasteiger partial charge in [0.05, 0.1) is 37.2 Å². The molecule has 5 atom stereocenters. The first-order valence-electron chi connectivity index (χ1n) is 15.4. The third-order valence-corrected chi connectivity index (χ3v) is 11.9. The van der Waals surface area contributed by atoms with Crippen LogP contribution < -0.4 is 14.4 Å². The minimum atomic E-state index is -4.23.